The SMILES string of the molecule is Cc1ccc(C)c(CC(=O)N2CCN(c3nc4ccccc4s3)CC2)c1. The number of nitrogens with zero attached hydrogens (tertiary/aromatic N) is 3. The summed E-state index contributed by atoms with van der Waals surface area (Å²) in [5.41, 5.74) is 4.60. The highest BCUT2D eigenvalue weighted by molar-refractivity contribution is 7.22. The molecule has 1 fully saturated rings. The van der Waals surface area contributed by atoms with Crippen molar-refractivity contribution >= 4 is 32.6 Å². The number of benzene rings is 2. The van der Waals surface area contributed by atoms with Crippen LogP contribution >= 0.6 is 11.3 Å². The minimum atomic E-state index is 0.225. The van der Waals surface area contributed by atoms with Gasteiger partial charge in [0.05, 0.1) is 16.6 Å². The molecule has 1 aliphatic rings. The van der Waals surface area contributed by atoms with Crippen molar-refractivity contribution in [3.8, 4) is 0 Å². The van der Waals surface area contributed by atoms with Crippen molar-refractivity contribution in [1.29, 1.82) is 0 Å². The highest BCUT2D eigenvalue weighted by Gasteiger charge is 2.23. The van der Waals surface area contributed by atoms with Gasteiger partial charge in [0.25, 0.3) is 0 Å². The number of fused-ring (bicyclic) bond motifs is 1. The minimum Gasteiger partial charge on any atom is -0.345 e. The Hall–Kier alpha value is -2.40. The minimum absolute atomic E-state index is 0.225. The molecule has 1 amide bonds. The summed E-state index contributed by atoms with van der Waals surface area (Å²) in [7, 11) is 0. The Balaban J connectivity index is 1.39. The van der Waals surface area contributed by atoms with Gasteiger partial charge in [-0.05, 0) is 37.1 Å². The summed E-state index contributed by atoms with van der Waals surface area (Å²) in [6, 6.07) is 14.6. The average Bonchev–Trinajstić information content (AvgIpc) is 3.09. The van der Waals surface area contributed by atoms with Gasteiger partial charge in [0, 0.05) is 26.2 Å². The zero-order chi connectivity index (χ0) is 18.1. The van der Waals surface area contributed by atoms with Gasteiger partial charge >= 0.3 is 0 Å². The van der Waals surface area contributed by atoms with Crippen LogP contribution in [-0.4, -0.2) is 42.0 Å². The average molecular weight is 366 g/mol. The first-order chi connectivity index (χ1) is 12.6. The van der Waals surface area contributed by atoms with Crippen molar-refractivity contribution in [1.82, 2.24) is 9.88 Å². The molecule has 0 radical (unpaired) electrons. The smallest absolute Gasteiger partial charge is 0.227 e. The third kappa shape index (κ3) is 3.44. The molecule has 2 aromatic carbocycles. The lowest BCUT2D eigenvalue weighted by Gasteiger charge is -2.34. The number of aromatic nitrogens is 1. The molecule has 0 spiro atoms. The molecular formula is C21H23N3OS. The maximum Gasteiger partial charge on any atom is 0.227 e. The zero-order valence-electron chi connectivity index (χ0n) is 15.2. The molecule has 1 saturated heterocycles. The molecule has 2 heterocycles. The summed E-state index contributed by atoms with van der Waals surface area (Å²) in [6.45, 7) is 7.37. The van der Waals surface area contributed by atoms with E-state index in [1.807, 2.05) is 17.0 Å². The van der Waals surface area contributed by atoms with E-state index in [0.717, 1.165) is 42.4 Å². The summed E-state index contributed by atoms with van der Waals surface area (Å²) in [6.07, 6.45) is 0.495. The number of aryl methyl sites for hydroxylation is 2. The van der Waals surface area contributed by atoms with E-state index in [0.29, 0.717) is 6.42 Å². The summed E-state index contributed by atoms with van der Waals surface area (Å²) in [4.78, 5) is 21.7. The predicted molar refractivity (Wildman–Crippen MR) is 108 cm³/mol. The van der Waals surface area contributed by atoms with E-state index in [1.54, 1.807) is 11.3 Å². The largest absolute Gasteiger partial charge is 0.345 e. The highest BCUT2D eigenvalue weighted by Crippen LogP contribution is 2.29. The summed E-state index contributed by atoms with van der Waals surface area (Å²) in [5, 5.41) is 1.06. The van der Waals surface area contributed by atoms with Crippen LogP contribution in [0.5, 0.6) is 0 Å². The van der Waals surface area contributed by atoms with Crippen molar-refractivity contribution in [3.05, 3.63) is 59.2 Å². The fraction of sp³-hybridized carbons (Fsp3) is 0.333. The van der Waals surface area contributed by atoms with Gasteiger partial charge in [-0.25, -0.2) is 4.98 Å². The second-order valence-electron chi connectivity index (χ2n) is 6.94. The second kappa shape index (κ2) is 7.08. The number of rotatable bonds is 3. The van der Waals surface area contributed by atoms with Crippen LogP contribution in [0.4, 0.5) is 5.13 Å². The first-order valence-corrected chi connectivity index (χ1v) is 9.86. The lowest BCUT2D eigenvalue weighted by molar-refractivity contribution is -0.130. The number of thiazole rings is 1. The third-order valence-electron chi connectivity index (χ3n) is 5.03. The standard InChI is InChI=1S/C21H23N3OS/c1-15-7-8-16(2)17(13-15)14-20(25)23-9-11-24(12-10-23)21-22-18-5-3-4-6-19(18)26-21/h3-8,13H,9-12,14H2,1-2H3. The van der Waals surface area contributed by atoms with Gasteiger partial charge in [-0.2, -0.15) is 0 Å². The molecule has 0 N–H and O–H groups in total. The maximum atomic E-state index is 12.7. The molecular weight excluding hydrogens is 342 g/mol. The quantitative estimate of drug-likeness (QED) is 0.708. The lowest BCUT2D eigenvalue weighted by Crippen LogP contribution is -2.49. The Kier molecular flexibility index (Phi) is 4.64. The molecule has 4 rings (SSSR count). The molecule has 3 aromatic rings. The normalized spacial score (nSPS) is 14.8. The number of carbonyl (C=O) groups is 1. The molecule has 5 heteroatoms. The number of anilines is 1. The number of hydrogen-bond acceptors (Lipinski definition) is 4. The van der Waals surface area contributed by atoms with Crippen LogP contribution in [0.1, 0.15) is 16.7 Å². The van der Waals surface area contributed by atoms with Crippen LogP contribution in [0.25, 0.3) is 10.2 Å². The Labute approximate surface area is 158 Å². The summed E-state index contributed by atoms with van der Waals surface area (Å²) < 4.78 is 1.22. The Morgan fingerprint density at radius 1 is 1.08 bits per heavy atom. The van der Waals surface area contributed by atoms with E-state index in [9.17, 15) is 4.79 Å². The van der Waals surface area contributed by atoms with Crippen molar-refractivity contribution in [3.63, 3.8) is 0 Å². The molecule has 1 aliphatic heterocycles. The van der Waals surface area contributed by atoms with Crippen LogP contribution in [0.15, 0.2) is 42.5 Å². The van der Waals surface area contributed by atoms with Crippen LogP contribution < -0.4 is 4.90 Å². The van der Waals surface area contributed by atoms with Crippen LogP contribution in [0, 0.1) is 13.8 Å². The van der Waals surface area contributed by atoms with Gasteiger partial charge in [-0.1, -0.05) is 47.2 Å². The molecule has 1 aromatic heterocycles. The zero-order valence-corrected chi connectivity index (χ0v) is 16.1. The molecule has 0 bridgehead atoms. The number of para-hydroxylation sites is 1. The van der Waals surface area contributed by atoms with Gasteiger partial charge in [0.15, 0.2) is 5.13 Å². The van der Waals surface area contributed by atoms with Crippen LogP contribution in [0.2, 0.25) is 0 Å². The predicted octanol–water partition coefficient (Wildman–Crippen LogP) is 3.80. The van der Waals surface area contributed by atoms with Gasteiger partial charge < -0.3 is 9.80 Å². The van der Waals surface area contributed by atoms with Crippen LogP contribution in [0.3, 0.4) is 0 Å². The van der Waals surface area contributed by atoms with E-state index < -0.39 is 0 Å². The van der Waals surface area contributed by atoms with Crippen molar-refractivity contribution < 1.29 is 4.79 Å². The maximum absolute atomic E-state index is 12.7. The molecule has 26 heavy (non-hydrogen) atoms. The second-order valence-corrected chi connectivity index (χ2v) is 7.95. The van der Waals surface area contributed by atoms with Crippen molar-refractivity contribution in [2.75, 3.05) is 31.1 Å². The Morgan fingerprint density at radius 3 is 2.62 bits per heavy atom. The first-order valence-electron chi connectivity index (χ1n) is 9.04. The van der Waals surface area contributed by atoms with Crippen molar-refractivity contribution in [2.45, 2.75) is 20.3 Å². The molecule has 0 atom stereocenters. The number of hydrogen-bond donors (Lipinski definition) is 0. The van der Waals surface area contributed by atoms with E-state index in [1.165, 1.54) is 15.8 Å². The molecule has 0 aliphatic carbocycles. The molecule has 0 unspecified atom stereocenters. The van der Waals surface area contributed by atoms with Gasteiger partial charge in [-0.3, -0.25) is 4.79 Å². The van der Waals surface area contributed by atoms with Crippen molar-refractivity contribution in [2.24, 2.45) is 0 Å². The van der Waals surface area contributed by atoms with E-state index in [2.05, 4.69) is 49.1 Å². The fourth-order valence-corrected chi connectivity index (χ4v) is 4.43. The van der Waals surface area contributed by atoms with Gasteiger partial charge in [-0.15, -0.1) is 0 Å². The van der Waals surface area contributed by atoms with Gasteiger partial charge in [0.2, 0.25) is 5.91 Å². The van der Waals surface area contributed by atoms with E-state index >= 15 is 0 Å². The monoisotopic (exact) mass is 365 g/mol. The number of piperazine rings is 1. The third-order valence-corrected chi connectivity index (χ3v) is 6.13. The van der Waals surface area contributed by atoms with Crippen LogP contribution in [-0.2, 0) is 11.2 Å². The van der Waals surface area contributed by atoms with E-state index in [-0.39, 0.29) is 5.91 Å². The van der Waals surface area contributed by atoms with E-state index in [4.69, 9.17) is 4.98 Å². The molecule has 4 nitrogen and oxygen atoms in total. The summed E-state index contributed by atoms with van der Waals surface area (Å²) >= 11 is 1.73. The number of carbonyl (C=O) groups excluding carboxylic acids is 1. The number of amides is 1. The highest BCUT2D eigenvalue weighted by atomic mass is 32.1. The topological polar surface area (TPSA) is 36.4 Å². The first kappa shape index (κ1) is 17.0. The Morgan fingerprint density at radius 2 is 1.85 bits per heavy atom. The lowest BCUT2D eigenvalue weighted by atomic mass is 10.0. The molecule has 0 saturated carbocycles. The van der Waals surface area contributed by atoms with Gasteiger partial charge in [0.1, 0.15) is 0 Å². The Bertz CT molecular complexity index is 908. The fourth-order valence-electron chi connectivity index (χ4n) is 3.41. The summed E-state index contributed by atoms with van der Waals surface area (Å²) in [5.74, 6) is 0.225. The molecule has 134 valence electrons.